The van der Waals surface area contributed by atoms with Crippen molar-refractivity contribution in [1.82, 2.24) is 29.7 Å². The Kier molecular flexibility index (Phi) is 6.91. The van der Waals surface area contributed by atoms with E-state index in [-0.39, 0.29) is 40.9 Å². The maximum atomic E-state index is 12.9. The molecule has 34 heavy (non-hydrogen) atoms. The van der Waals surface area contributed by atoms with Gasteiger partial charge in [-0.2, -0.15) is 5.10 Å². The van der Waals surface area contributed by atoms with Crippen molar-refractivity contribution in [3.8, 4) is 17.3 Å². The Balaban J connectivity index is 1.87. The number of halogens is 1. The Morgan fingerprint density at radius 2 is 2.00 bits per heavy atom. The van der Waals surface area contributed by atoms with Crippen molar-refractivity contribution in [3.63, 3.8) is 0 Å². The highest BCUT2D eigenvalue weighted by atomic mass is 35.7. The minimum absolute atomic E-state index is 0.0718. The maximum Gasteiger partial charge on any atom is 0.279 e. The summed E-state index contributed by atoms with van der Waals surface area (Å²) in [4.78, 5) is 28.3. The van der Waals surface area contributed by atoms with E-state index in [4.69, 9.17) is 20.2 Å². The third kappa shape index (κ3) is 4.93. The summed E-state index contributed by atoms with van der Waals surface area (Å²) in [6, 6.07) is 6.81. The molecule has 0 aliphatic rings. The number of fused-ring (bicyclic) bond motifs is 1. The fourth-order valence-corrected chi connectivity index (χ4v) is 4.08. The molecule has 0 radical (unpaired) electrons. The van der Waals surface area contributed by atoms with Crippen LogP contribution in [0, 0.1) is 0 Å². The van der Waals surface area contributed by atoms with E-state index in [9.17, 15) is 13.2 Å². The van der Waals surface area contributed by atoms with Gasteiger partial charge in [0.2, 0.25) is 5.88 Å². The predicted octanol–water partition coefficient (Wildman–Crippen LogP) is 2.14. The third-order valence-electron chi connectivity index (χ3n) is 4.96. The van der Waals surface area contributed by atoms with Crippen LogP contribution in [-0.4, -0.2) is 58.5 Å². The largest absolute Gasteiger partial charge is 0.475 e. The summed E-state index contributed by atoms with van der Waals surface area (Å²) < 4.78 is 36.1. The van der Waals surface area contributed by atoms with E-state index in [2.05, 4.69) is 25.0 Å². The van der Waals surface area contributed by atoms with Crippen LogP contribution in [0.5, 0.6) is 5.88 Å². The van der Waals surface area contributed by atoms with Gasteiger partial charge in [0.1, 0.15) is 22.8 Å². The van der Waals surface area contributed by atoms with E-state index in [0.29, 0.717) is 18.5 Å². The number of aromatic amines is 1. The van der Waals surface area contributed by atoms with Crippen molar-refractivity contribution < 1.29 is 17.9 Å². The first kappa shape index (κ1) is 23.8. The average molecular weight is 505 g/mol. The zero-order chi connectivity index (χ0) is 24.3. The second-order valence-corrected chi connectivity index (χ2v) is 9.76. The molecule has 0 saturated heterocycles. The van der Waals surface area contributed by atoms with Crippen molar-refractivity contribution in [2.45, 2.75) is 24.8 Å². The zero-order valence-electron chi connectivity index (χ0n) is 18.4. The topological polar surface area (TPSA) is 142 Å². The van der Waals surface area contributed by atoms with Crippen LogP contribution in [-0.2, 0) is 26.8 Å². The highest BCUT2D eigenvalue weighted by Crippen LogP contribution is 2.30. The van der Waals surface area contributed by atoms with Gasteiger partial charge in [0, 0.05) is 24.0 Å². The van der Waals surface area contributed by atoms with Crippen LogP contribution in [0.15, 0.2) is 46.3 Å². The van der Waals surface area contributed by atoms with E-state index in [1.807, 2.05) is 25.1 Å². The first-order valence-electron chi connectivity index (χ1n) is 10.3. The summed E-state index contributed by atoms with van der Waals surface area (Å²) in [5, 5.41) is 4.44. The van der Waals surface area contributed by atoms with Gasteiger partial charge in [-0.3, -0.25) is 14.5 Å². The van der Waals surface area contributed by atoms with Crippen molar-refractivity contribution >= 4 is 30.8 Å². The van der Waals surface area contributed by atoms with Gasteiger partial charge >= 0.3 is 0 Å². The molecule has 0 aliphatic carbocycles. The molecule has 0 amide bonds. The number of aromatic nitrogens is 6. The number of pyridine rings is 2. The van der Waals surface area contributed by atoms with Gasteiger partial charge in [0.15, 0.2) is 5.52 Å². The lowest BCUT2D eigenvalue weighted by atomic mass is 10.2. The summed E-state index contributed by atoms with van der Waals surface area (Å²) >= 11 is 0. The quantitative estimate of drug-likeness (QED) is 0.268. The Bertz CT molecular complexity index is 1490. The molecule has 178 valence electrons. The van der Waals surface area contributed by atoms with Gasteiger partial charge in [0.05, 0.1) is 36.3 Å². The van der Waals surface area contributed by atoms with Crippen molar-refractivity contribution in [2.24, 2.45) is 0 Å². The van der Waals surface area contributed by atoms with E-state index in [1.54, 1.807) is 10.9 Å². The number of ether oxygens (including phenoxy) is 2. The van der Waals surface area contributed by atoms with Crippen molar-refractivity contribution in [3.05, 3.63) is 58.4 Å². The van der Waals surface area contributed by atoms with Gasteiger partial charge in [-0.25, -0.2) is 18.4 Å². The van der Waals surface area contributed by atoms with Gasteiger partial charge in [-0.1, -0.05) is 13.0 Å². The molecule has 4 aromatic heterocycles. The monoisotopic (exact) mass is 504 g/mol. The summed E-state index contributed by atoms with van der Waals surface area (Å²) in [7, 11) is 2.94. The first-order valence-corrected chi connectivity index (χ1v) is 12.6. The van der Waals surface area contributed by atoms with E-state index < -0.39 is 14.6 Å². The summed E-state index contributed by atoms with van der Waals surface area (Å²) in [6.07, 6.45) is 3.31. The molecular weight excluding hydrogens is 484 g/mol. The Morgan fingerprint density at radius 3 is 2.68 bits per heavy atom. The van der Waals surface area contributed by atoms with Crippen molar-refractivity contribution in [2.75, 3.05) is 20.3 Å². The smallest absolute Gasteiger partial charge is 0.279 e. The molecule has 4 rings (SSSR count). The molecule has 0 fully saturated rings. The number of nitrogens with zero attached hydrogens (tertiary/aromatic N) is 5. The normalized spacial score (nSPS) is 11.7. The van der Waals surface area contributed by atoms with Crippen LogP contribution < -0.4 is 10.3 Å². The van der Waals surface area contributed by atoms with Crippen LogP contribution in [0.4, 0.5) is 0 Å². The van der Waals surface area contributed by atoms with Crippen LogP contribution in [0.2, 0.25) is 0 Å². The summed E-state index contributed by atoms with van der Waals surface area (Å²) in [6.45, 7) is 2.72. The predicted molar refractivity (Wildman–Crippen MR) is 125 cm³/mol. The van der Waals surface area contributed by atoms with E-state index in [0.717, 1.165) is 17.6 Å². The van der Waals surface area contributed by atoms with Crippen molar-refractivity contribution in [1.29, 1.82) is 0 Å². The summed E-state index contributed by atoms with van der Waals surface area (Å²) in [5.41, 5.74) is 1.73. The van der Waals surface area contributed by atoms with Gasteiger partial charge in [-0.05, 0) is 24.6 Å². The Hall–Kier alpha value is -3.35. The minimum Gasteiger partial charge on any atom is -0.475 e. The van der Waals surface area contributed by atoms with Crippen LogP contribution >= 0.6 is 10.7 Å². The Morgan fingerprint density at radius 1 is 1.18 bits per heavy atom. The fourth-order valence-electron chi connectivity index (χ4n) is 3.39. The number of H-pyrrole nitrogens is 1. The maximum absolute atomic E-state index is 12.9. The number of nitrogens with one attached hydrogen (secondary N) is 1. The number of aryl methyl sites for hydroxylation is 1. The molecule has 4 heterocycles. The van der Waals surface area contributed by atoms with Crippen LogP contribution in [0.3, 0.4) is 0 Å². The molecule has 0 bridgehead atoms. The third-order valence-corrected chi connectivity index (χ3v) is 6.28. The molecule has 13 heteroatoms. The molecule has 4 aromatic rings. The molecule has 0 atom stereocenters. The number of hydrogen-bond acceptors (Lipinski definition) is 9. The van der Waals surface area contributed by atoms with Gasteiger partial charge in [-0.15, -0.1) is 0 Å². The fraction of sp³-hybridized carbons (Fsp3) is 0.286. The Labute approximate surface area is 199 Å². The molecule has 0 aliphatic heterocycles. The van der Waals surface area contributed by atoms with E-state index >= 15 is 0 Å². The lowest BCUT2D eigenvalue weighted by molar-refractivity contribution is 0.144. The highest BCUT2D eigenvalue weighted by molar-refractivity contribution is 8.13. The molecule has 1 N–H and O–H groups in total. The van der Waals surface area contributed by atoms with Crippen LogP contribution in [0.25, 0.3) is 22.4 Å². The van der Waals surface area contributed by atoms with E-state index in [1.165, 1.54) is 13.2 Å². The summed E-state index contributed by atoms with van der Waals surface area (Å²) in [5.74, 6) is 0.147. The van der Waals surface area contributed by atoms with Gasteiger partial charge in [0.25, 0.3) is 14.6 Å². The molecule has 0 unspecified atom stereocenters. The zero-order valence-corrected chi connectivity index (χ0v) is 19.9. The number of methoxy groups -OCH3 is 1. The molecular formula is C21H21ClN6O5S. The second kappa shape index (κ2) is 9.87. The lowest BCUT2D eigenvalue weighted by Crippen LogP contribution is -2.12. The first-order chi connectivity index (χ1) is 16.3. The standard InChI is InChI=1S/C21H21ClN6O5S/c1-3-16-17-18(27-28(16)12-13-6-4-5-7-23-13)20(29)26-19(25-17)15-10-14(34(22,30)31)11-24-21(15)33-9-8-32-2/h4-7,10-11H,3,8-9,12H2,1-2H3,(H,25,26,29). The SMILES string of the molecule is CCc1c2nc(-c3cc(S(=O)(=O)Cl)cnc3OCCOC)[nH]c(=O)c2nn1Cc1ccccn1. The number of rotatable bonds is 9. The average Bonchev–Trinajstić information content (AvgIpc) is 3.17. The number of hydrogen-bond donors (Lipinski definition) is 1. The minimum atomic E-state index is -4.08. The molecule has 11 nitrogen and oxygen atoms in total. The molecule has 0 saturated carbocycles. The molecule has 0 aromatic carbocycles. The lowest BCUT2D eigenvalue weighted by Gasteiger charge is -2.11. The second-order valence-electron chi connectivity index (χ2n) is 7.19. The van der Waals surface area contributed by atoms with Gasteiger partial charge < -0.3 is 14.5 Å². The molecule has 0 spiro atoms. The van der Waals surface area contributed by atoms with Crippen LogP contribution in [0.1, 0.15) is 18.3 Å². The highest BCUT2D eigenvalue weighted by Gasteiger charge is 2.21.